The Kier molecular flexibility index (Phi) is 14.3. The third kappa shape index (κ3) is 10.1. The lowest BCUT2D eigenvalue weighted by Crippen LogP contribution is -2.62. The molecular weight excluding hydrogens is 364 g/mol. The third-order valence-electron chi connectivity index (χ3n) is 6.27. The maximum absolute atomic E-state index is 11.7. The average Bonchev–Trinajstić information content (AvgIpc) is 3.01. The Balaban J connectivity index is 2.01. The van der Waals surface area contributed by atoms with Gasteiger partial charge in [0.25, 0.3) is 6.09 Å². The number of carboxylic acid groups (broad SMARTS) is 1. The van der Waals surface area contributed by atoms with Crippen LogP contribution in [-0.4, -0.2) is 47.3 Å². The normalized spacial score (nSPS) is 21.5. The first-order chi connectivity index (χ1) is 14.1. The van der Waals surface area contributed by atoms with Crippen LogP contribution < -0.4 is 5.11 Å². The van der Waals surface area contributed by atoms with E-state index in [0.29, 0.717) is 18.8 Å². The molecule has 1 heterocycles. The molecule has 170 valence electrons. The van der Waals surface area contributed by atoms with Gasteiger partial charge in [0.15, 0.2) is 0 Å². The van der Waals surface area contributed by atoms with E-state index in [4.69, 9.17) is 0 Å². The van der Waals surface area contributed by atoms with E-state index < -0.39 is 6.09 Å². The molecule has 0 bridgehead atoms. The summed E-state index contributed by atoms with van der Waals surface area (Å²) < 4.78 is -0.268. The van der Waals surface area contributed by atoms with Gasteiger partial charge in [-0.05, 0) is 13.3 Å². The lowest BCUT2D eigenvalue weighted by atomic mass is 10.0. The summed E-state index contributed by atoms with van der Waals surface area (Å²) in [5.41, 5.74) is 0. The molecule has 5 heteroatoms. The first-order valence-electron chi connectivity index (χ1n) is 12.3. The van der Waals surface area contributed by atoms with Crippen molar-refractivity contribution in [1.29, 1.82) is 0 Å². The number of amidine groups is 1. The van der Waals surface area contributed by atoms with Crippen molar-refractivity contribution in [3.8, 4) is 0 Å². The number of hydrogen-bond donors (Lipinski definition) is 1. The standard InChI is InChI=1S/C24H46N2O3/c1-3-4-5-6-7-8-9-10-11-12-13-14-15-16-17-18-23-25-22(2)21-26(23,19-20-27)24(28)29/h22,27H,3-21H2,1-2H3. The van der Waals surface area contributed by atoms with E-state index in [-0.39, 0.29) is 23.7 Å². The third-order valence-corrected chi connectivity index (χ3v) is 6.27. The number of aliphatic hydroxyl groups is 1. The number of aliphatic imine (C=N–C) groups is 1. The maximum Gasteiger partial charge on any atom is 0.263 e. The van der Waals surface area contributed by atoms with Crippen LogP contribution in [0.25, 0.3) is 0 Å². The van der Waals surface area contributed by atoms with Crippen molar-refractivity contribution in [1.82, 2.24) is 0 Å². The van der Waals surface area contributed by atoms with Crippen molar-refractivity contribution < 1.29 is 19.5 Å². The van der Waals surface area contributed by atoms with Gasteiger partial charge in [0.05, 0.1) is 6.61 Å². The molecule has 0 aromatic heterocycles. The molecule has 1 aliphatic rings. The maximum atomic E-state index is 11.7. The number of amides is 1. The zero-order chi connectivity index (χ0) is 21.4. The fraction of sp³-hybridized carbons (Fsp3) is 0.917. The number of nitrogens with zero attached hydrogens (tertiary/aromatic N) is 2. The van der Waals surface area contributed by atoms with E-state index in [1.165, 1.54) is 83.5 Å². The summed E-state index contributed by atoms with van der Waals surface area (Å²) in [4.78, 5) is 16.2. The number of unbranched alkanes of at least 4 members (excludes halogenated alkanes) is 14. The average molecular weight is 411 g/mol. The van der Waals surface area contributed by atoms with Crippen LogP contribution in [0.1, 0.15) is 117 Å². The van der Waals surface area contributed by atoms with Crippen LogP contribution >= 0.6 is 0 Å². The molecule has 29 heavy (non-hydrogen) atoms. The Labute approximate surface area is 179 Å². The highest BCUT2D eigenvalue weighted by atomic mass is 16.4. The fourth-order valence-corrected chi connectivity index (χ4v) is 4.56. The van der Waals surface area contributed by atoms with Crippen LogP contribution in [0, 0.1) is 0 Å². The minimum absolute atomic E-state index is 0.00853. The Morgan fingerprint density at radius 2 is 1.38 bits per heavy atom. The molecule has 1 rings (SSSR count). The summed E-state index contributed by atoms with van der Waals surface area (Å²) in [5.74, 6) is 0.696. The predicted molar refractivity (Wildman–Crippen MR) is 119 cm³/mol. The Morgan fingerprint density at radius 3 is 1.79 bits per heavy atom. The van der Waals surface area contributed by atoms with Gasteiger partial charge in [-0.2, -0.15) is 0 Å². The summed E-state index contributed by atoms with van der Waals surface area (Å²) in [6.45, 7) is 4.64. The summed E-state index contributed by atoms with van der Waals surface area (Å²) in [7, 11) is 0. The molecule has 0 saturated heterocycles. The first kappa shape index (κ1) is 26.1. The first-order valence-corrected chi connectivity index (χ1v) is 12.3. The summed E-state index contributed by atoms with van der Waals surface area (Å²) >= 11 is 0. The minimum atomic E-state index is -1.12. The lowest BCUT2D eigenvalue weighted by molar-refractivity contribution is -0.788. The van der Waals surface area contributed by atoms with Crippen LogP contribution in [-0.2, 0) is 0 Å². The molecule has 0 radical (unpaired) electrons. The monoisotopic (exact) mass is 410 g/mol. The number of hydrogen-bond acceptors (Lipinski definition) is 4. The highest BCUT2D eigenvalue weighted by molar-refractivity contribution is 5.85. The SMILES string of the molecule is CCCCCCCCCCCCCCCCCC1=NC(C)C[N+]1(CCO)C(=O)[O-]. The molecule has 0 aliphatic carbocycles. The van der Waals surface area contributed by atoms with Crippen molar-refractivity contribution in [2.45, 2.75) is 123 Å². The van der Waals surface area contributed by atoms with Gasteiger partial charge in [0.2, 0.25) is 5.84 Å². The van der Waals surface area contributed by atoms with Crippen molar-refractivity contribution in [2.24, 2.45) is 4.99 Å². The van der Waals surface area contributed by atoms with Crippen LogP contribution in [0.5, 0.6) is 0 Å². The number of quaternary nitrogens is 1. The lowest BCUT2D eigenvalue weighted by Gasteiger charge is -2.33. The smallest absolute Gasteiger partial charge is 0.263 e. The molecule has 1 amide bonds. The largest absolute Gasteiger partial charge is 0.498 e. The Hall–Kier alpha value is -0.940. The van der Waals surface area contributed by atoms with Crippen molar-refractivity contribution >= 4 is 11.9 Å². The van der Waals surface area contributed by atoms with Crippen molar-refractivity contribution in [3.05, 3.63) is 0 Å². The van der Waals surface area contributed by atoms with Gasteiger partial charge < -0.3 is 15.0 Å². The molecule has 1 N–H and O–H groups in total. The molecular formula is C24H46N2O3. The van der Waals surface area contributed by atoms with E-state index in [0.717, 1.165) is 12.8 Å². The van der Waals surface area contributed by atoms with Gasteiger partial charge in [-0.15, -0.1) is 0 Å². The molecule has 2 unspecified atom stereocenters. The fourth-order valence-electron chi connectivity index (χ4n) is 4.56. The van der Waals surface area contributed by atoms with Gasteiger partial charge in [-0.1, -0.05) is 96.8 Å². The highest BCUT2D eigenvalue weighted by Gasteiger charge is 2.42. The van der Waals surface area contributed by atoms with Crippen LogP contribution in [0.15, 0.2) is 4.99 Å². The number of carbonyl (C=O) groups is 1. The van der Waals surface area contributed by atoms with E-state index in [1.54, 1.807) is 0 Å². The molecule has 0 fully saturated rings. The van der Waals surface area contributed by atoms with Crippen molar-refractivity contribution in [3.63, 3.8) is 0 Å². The number of rotatable bonds is 18. The van der Waals surface area contributed by atoms with Crippen molar-refractivity contribution in [2.75, 3.05) is 19.7 Å². The van der Waals surface area contributed by atoms with Gasteiger partial charge in [-0.3, -0.25) is 0 Å². The molecule has 0 saturated carbocycles. The predicted octanol–water partition coefficient (Wildman–Crippen LogP) is 5.20. The van der Waals surface area contributed by atoms with Crippen LogP contribution in [0.3, 0.4) is 0 Å². The van der Waals surface area contributed by atoms with Crippen LogP contribution in [0.4, 0.5) is 4.79 Å². The molecule has 1 aliphatic heterocycles. The van der Waals surface area contributed by atoms with Gasteiger partial charge in [0, 0.05) is 6.42 Å². The molecule has 5 nitrogen and oxygen atoms in total. The Morgan fingerprint density at radius 1 is 0.931 bits per heavy atom. The van der Waals surface area contributed by atoms with Gasteiger partial charge >= 0.3 is 0 Å². The minimum Gasteiger partial charge on any atom is -0.498 e. The van der Waals surface area contributed by atoms with E-state index in [9.17, 15) is 15.0 Å². The second kappa shape index (κ2) is 15.8. The summed E-state index contributed by atoms with van der Waals surface area (Å²) in [6.07, 6.45) is 19.4. The summed E-state index contributed by atoms with van der Waals surface area (Å²) in [5, 5.41) is 21.0. The molecule has 0 aromatic rings. The molecule has 0 aromatic carbocycles. The molecule has 2 atom stereocenters. The zero-order valence-corrected chi connectivity index (χ0v) is 19.2. The second-order valence-corrected chi connectivity index (χ2v) is 8.96. The van der Waals surface area contributed by atoms with E-state index >= 15 is 0 Å². The van der Waals surface area contributed by atoms with Crippen LogP contribution in [0.2, 0.25) is 0 Å². The topological polar surface area (TPSA) is 72.7 Å². The number of carbonyl (C=O) groups excluding carboxylic acids is 1. The molecule has 0 spiro atoms. The zero-order valence-electron chi connectivity index (χ0n) is 19.2. The van der Waals surface area contributed by atoms with Gasteiger partial charge in [-0.25, -0.2) is 9.48 Å². The quantitative estimate of drug-likeness (QED) is 0.249. The Bertz CT molecular complexity index is 467. The number of aliphatic hydroxyl groups excluding tert-OH is 1. The second-order valence-electron chi connectivity index (χ2n) is 8.96. The van der Waals surface area contributed by atoms with E-state index in [2.05, 4.69) is 11.9 Å². The highest BCUT2D eigenvalue weighted by Crippen LogP contribution is 2.23. The van der Waals surface area contributed by atoms with E-state index in [1.807, 2.05) is 6.92 Å². The summed E-state index contributed by atoms with van der Waals surface area (Å²) in [6, 6.07) is -0.00853. The van der Waals surface area contributed by atoms with Gasteiger partial charge in [0.1, 0.15) is 19.1 Å².